The highest BCUT2D eigenvalue weighted by atomic mass is 32.2. The Balaban J connectivity index is 1.17. The topological polar surface area (TPSA) is 75.5 Å². The van der Waals surface area contributed by atoms with Gasteiger partial charge in [0.05, 0.1) is 19.0 Å². The molecule has 160 valence electrons. The van der Waals surface area contributed by atoms with Crippen LogP contribution in [0.3, 0.4) is 0 Å². The first-order chi connectivity index (χ1) is 14.8. The van der Waals surface area contributed by atoms with E-state index in [9.17, 15) is 4.79 Å². The highest BCUT2D eigenvalue weighted by Gasteiger charge is 2.32. The summed E-state index contributed by atoms with van der Waals surface area (Å²) < 4.78 is 7.65. The highest BCUT2D eigenvalue weighted by Crippen LogP contribution is 2.41. The summed E-state index contributed by atoms with van der Waals surface area (Å²) in [6.45, 7) is 5.45. The van der Waals surface area contributed by atoms with Crippen LogP contribution in [0, 0.1) is 0 Å². The van der Waals surface area contributed by atoms with Crippen molar-refractivity contribution in [2.75, 3.05) is 60.3 Å². The first kappa shape index (κ1) is 19.7. The molecule has 0 unspecified atom stereocenters. The summed E-state index contributed by atoms with van der Waals surface area (Å²) in [5.74, 6) is 1.29. The van der Waals surface area contributed by atoms with E-state index in [0.29, 0.717) is 11.8 Å². The third-order valence-corrected chi connectivity index (χ3v) is 6.75. The number of rotatable bonds is 7. The molecule has 3 fully saturated rings. The minimum atomic E-state index is -0.0211. The summed E-state index contributed by atoms with van der Waals surface area (Å²) in [6.07, 6.45) is 4.78. The molecule has 0 bridgehead atoms. The fraction of sp³-hybridized carbons (Fsp3) is 0.571. The third-order valence-electron chi connectivity index (χ3n) is 5.81. The van der Waals surface area contributed by atoms with Crippen LogP contribution in [0.15, 0.2) is 29.4 Å². The van der Waals surface area contributed by atoms with Crippen molar-refractivity contribution < 1.29 is 9.53 Å². The van der Waals surface area contributed by atoms with Crippen molar-refractivity contribution in [3.8, 4) is 0 Å². The maximum atomic E-state index is 12.5. The molecular formula is C21H28N6O2S. The molecule has 1 saturated carbocycles. The van der Waals surface area contributed by atoms with E-state index in [0.717, 1.165) is 61.9 Å². The fourth-order valence-corrected chi connectivity index (χ4v) is 4.86. The van der Waals surface area contributed by atoms with E-state index in [4.69, 9.17) is 4.74 Å². The summed E-state index contributed by atoms with van der Waals surface area (Å²) >= 11 is 1.48. The summed E-state index contributed by atoms with van der Waals surface area (Å²) in [4.78, 5) is 17.1. The van der Waals surface area contributed by atoms with E-state index in [1.165, 1.54) is 37.4 Å². The smallest absolute Gasteiger partial charge is 0.234 e. The molecule has 30 heavy (non-hydrogen) atoms. The number of amides is 1. The van der Waals surface area contributed by atoms with Crippen molar-refractivity contribution >= 4 is 35.0 Å². The molecule has 1 amide bonds. The Morgan fingerprint density at radius 1 is 1.03 bits per heavy atom. The van der Waals surface area contributed by atoms with Crippen LogP contribution in [0.2, 0.25) is 0 Å². The molecule has 0 atom stereocenters. The van der Waals surface area contributed by atoms with Crippen molar-refractivity contribution in [1.82, 2.24) is 14.8 Å². The van der Waals surface area contributed by atoms with E-state index in [1.807, 2.05) is 12.1 Å². The molecule has 8 nitrogen and oxygen atoms in total. The lowest BCUT2D eigenvalue weighted by Gasteiger charge is -2.28. The van der Waals surface area contributed by atoms with Gasteiger partial charge in [-0.1, -0.05) is 11.8 Å². The Morgan fingerprint density at radius 3 is 2.47 bits per heavy atom. The van der Waals surface area contributed by atoms with Crippen LogP contribution < -0.4 is 15.1 Å². The maximum absolute atomic E-state index is 12.5. The van der Waals surface area contributed by atoms with Gasteiger partial charge in [0.2, 0.25) is 11.9 Å². The second kappa shape index (κ2) is 8.85. The van der Waals surface area contributed by atoms with Gasteiger partial charge in [-0.05, 0) is 49.9 Å². The SMILES string of the molecule is O=C(CSc1nnc(N2CCCC2)n1C1CC1)Nc1ccc(N2CCOCC2)cc1. The summed E-state index contributed by atoms with van der Waals surface area (Å²) in [5.41, 5.74) is 1.98. The molecule has 3 heterocycles. The van der Waals surface area contributed by atoms with Crippen LogP contribution in [-0.4, -0.2) is 65.8 Å². The quantitative estimate of drug-likeness (QED) is 0.680. The zero-order chi connectivity index (χ0) is 20.3. The number of hydrogen-bond donors (Lipinski definition) is 1. The number of ether oxygens (including phenoxy) is 1. The van der Waals surface area contributed by atoms with Crippen LogP contribution in [0.5, 0.6) is 0 Å². The number of benzene rings is 1. The molecule has 2 aromatic rings. The second-order valence-corrected chi connectivity index (χ2v) is 9.00. The van der Waals surface area contributed by atoms with E-state index < -0.39 is 0 Å². The van der Waals surface area contributed by atoms with Gasteiger partial charge < -0.3 is 19.9 Å². The molecule has 1 aromatic heterocycles. The molecular weight excluding hydrogens is 400 g/mol. The number of aromatic nitrogens is 3. The number of carbonyl (C=O) groups is 1. The lowest BCUT2D eigenvalue weighted by atomic mass is 10.2. The lowest BCUT2D eigenvalue weighted by Crippen LogP contribution is -2.36. The first-order valence-electron chi connectivity index (χ1n) is 10.8. The Kier molecular flexibility index (Phi) is 5.81. The second-order valence-electron chi connectivity index (χ2n) is 8.06. The van der Waals surface area contributed by atoms with Crippen molar-refractivity contribution in [3.05, 3.63) is 24.3 Å². The number of nitrogens with zero attached hydrogens (tertiary/aromatic N) is 5. The van der Waals surface area contributed by atoms with E-state index >= 15 is 0 Å². The average molecular weight is 429 g/mol. The lowest BCUT2D eigenvalue weighted by molar-refractivity contribution is -0.113. The van der Waals surface area contributed by atoms with Gasteiger partial charge in [-0.2, -0.15) is 0 Å². The van der Waals surface area contributed by atoms with Crippen molar-refractivity contribution in [1.29, 1.82) is 0 Å². The van der Waals surface area contributed by atoms with Crippen LogP contribution in [0.25, 0.3) is 0 Å². The monoisotopic (exact) mass is 428 g/mol. The molecule has 2 aliphatic heterocycles. The number of anilines is 3. The largest absolute Gasteiger partial charge is 0.378 e. The van der Waals surface area contributed by atoms with E-state index in [2.05, 4.69) is 42.0 Å². The minimum Gasteiger partial charge on any atom is -0.378 e. The van der Waals surface area contributed by atoms with Crippen molar-refractivity contribution in [3.63, 3.8) is 0 Å². The Labute approximate surface area is 181 Å². The standard InChI is InChI=1S/C21H28N6O2S/c28-19(22-16-3-5-17(6-4-16)25-11-13-29-14-12-25)15-30-21-24-23-20(26-9-1-2-10-26)27(21)18-7-8-18/h3-6,18H,1-2,7-15H2,(H,22,28). The number of nitrogens with one attached hydrogen (secondary N) is 1. The van der Waals surface area contributed by atoms with Crippen LogP contribution >= 0.6 is 11.8 Å². The molecule has 0 spiro atoms. The van der Waals surface area contributed by atoms with Crippen LogP contribution in [0.4, 0.5) is 17.3 Å². The minimum absolute atomic E-state index is 0.0211. The van der Waals surface area contributed by atoms with Gasteiger partial charge in [-0.15, -0.1) is 10.2 Å². The molecule has 0 radical (unpaired) electrons. The summed E-state index contributed by atoms with van der Waals surface area (Å²) in [6, 6.07) is 8.53. The van der Waals surface area contributed by atoms with Gasteiger partial charge in [-0.25, -0.2) is 0 Å². The number of hydrogen-bond acceptors (Lipinski definition) is 7. The van der Waals surface area contributed by atoms with Crippen LogP contribution in [-0.2, 0) is 9.53 Å². The Hall–Kier alpha value is -2.26. The number of morpholine rings is 1. The predicted octanol–water partition coefficient (Wildman–Crippen LogP) is 2.78. The van der Waals surface area contributed by atoms with Crippen LogP contribution in [0.1, 0.15) is 31.7 Å². The predicted molar refractivity (Wildman–Crippen MR) is 119 cm³/mol. The van der Waals surface area contributed by atoms with Crippen molar-refractivity contribution in [2.45, 2.75) is 36.9 Å². The fourth-order valence-electron chi connectivity index (χ4n) is 4.06. The Bertz CT molecular complexity index is 870. The van der Waals surface area contributed by atoms with Gasteiger partial charge in [0.1, 0.15) is 0 Å². The molecule has 1 aromatic carbocycles. The molecule has 9 heteroatoms. The molecule has 3 aliphatic rings. The molecule has 5 rings (SSSR count). The normalized spacial score (nSPS) is 19.3. The zero-order valence-corrected chi connectivity index (χ0v) is 17.9. The zero-order valence-electron chi connectivity index (χ0n) is 17.1. The van der Waals surface area contributed by atoms with Gasteiger partial charge in [0.15, 0.2) is 5.16 Å². The average Bonchev–Trinajstić information content (AvgIpc) is 3.30. The Morgan fingerprint density at radius 2 is 1.77 bits per heavy atom. The number of carbonyl (C=O) groups excluding carboxylic acids is 1. The summed E-state index contributed by atoms with van der Waals surface area (Å²) in [7, 11) is 0. The van der Waals surface area contributed by atoms with Crippen molar-refractivity contribution in [2.24, 2.45) is 0 Å². The summed E-state index contributed by atoms with van der Waals surface area (Å²) in [5, 5.41) is 12.7. The van der Waals surface area contributed by atoms with Gasteiger partial charge in [0, 0.05) is 43.6 Å². The molecule has 1 N–H and O–H groups in total. The highest BCUT2D eigenvalue weighted by molar-refractivity contribution is 7.99. The third kappa shape index (κ3) is 4.41. The van der Waals surface area contributed by atoms with Gasteiger partial charge in [-0.3, -0.25) is 9.36 Å². The molecule has 1 aliphatic carbocycles. The van der Waals surface area contributed by atoms with E-state index in [-0.39, 0.29) is 5.91 Å². The van der Waals surface area contributed by atoms with E-state index in [1.54, 1.807) is 0 Å². The maximum Gasteiger partial charge on any atom is 0.234 e. The number of thioether (sulfide) groups is 1. The van der Waals surface area contributed by atoms with Gasteiger partial charge >= 0.3 is 0 Å². The first-order valence-corrected chi connectivity index (χ1v) is 11.8. The molecule has 2 saturated heterocycles. The van der Waals surface area contributed by atoms with Gasteiger partial charge in [0.25, 0.3) is 0 Å².